The van der Waals surface area contributed by atoms with Gasteiger partial charge in [-0.15, -0.1) is 0 Å². The predicted molar refractivity (Wildman–Crippen MR) is 31.4 cm³/mol. The lowest BCUT2D eigenvalue weighted by atomic mass is 10.3. The molecular formula is C6H6O3. The lowest BCUT2D eigenvalue weighted by molar-refractivity contribution is 0.428. The number of hydrogen-bond acceptors (Lipinski definition) is 3. The first-order valence-electron chi connectivity index (χ1n) is 3.57. The number of rotatable bonds is 3. The van der Waals surface area contributed by atoms with Crippen molar-refractivity contribution in [3.63, 3.8) is 0 Å². The highest BCUT2D eigenvalue weighted by Gasteiger charge is 1.94. The third-order valence-corrected chi connectivity index (χ3v) is 0.854. The van der Waals surface area contributed by atoms with Crippen molar-refractivity contribution in [1.29, 1.82) is 4.29 Å². The molecule has 0 saturated heterocycles. The van der Waals surface area contributed by atoms with Crippen LogP contribution in [-0.2, 0) is 0 Å². The van der Waals surface area contributed by atoms with Gasteiger partial charge in [-0.05, 0) is 0 Å². The summed E-state index contributed by atoms with van der Waals surface area (Å²) >= 11 is 0. The van der Waals surface area contributed by atoms with Crippen molar-refractivity contribution in [1.82, 2.24) is 0 Å². The van der Waals surface area contributed by atoms with Gasteiger partial charge in [-0.25, -0.2) is 0 Å². The van der Waals surface area contributed by atoms with Gasteiger partial charge in [0.25, 0.3) is 4.29 Å². The third kappa shape index (κ3) is 1.25. The highest BCUT2D eigenvalue weighted by atomic mass is 16.3. The average molecular weight is 129 g/mol. The Hall–Kier alpha value is -1.38. The standard InChI is InChI=1S/C6H6O3/c7-4-1-5(8)3-6(9)2-4/h1-3,7-9H/i/hD3. The van der Waals surface area contributed by atoms with Crippen molar-refractivity contribution in [2.75, 3.05) is 0 Å². The van der Waals surface area contributed by atoms with Crippen molar-refractivity contribution < 1.29 is 15.3 Å². The van der Waals surface area contributed by atoms with Crippen LogP contribution in [-0.4, -0.2) is 19.6 Å². The van der Waals surface area contributed by atoms with E-state index in [9.17, 15) is 0 Å². The molecule has 0 bridgehead atoms. The van der Waals surface area contributed by atoms with E-state index in [2.05, 4.69) is 15.3 Å². The van der Waals surface area contributed by atoms with Gasteiger partial charge in [0.1, 0.15) is 17.2 Å². The summed E-state index contributed by atoms with van der Waals surface area (Å²) in [6.45, 7) is 0. The highest BCUT2D eigenvalue weighted by Crippen LogP contribution is 2.23. The second-order valence-electron chi connectivity index (χ2n) is 1.64. The molecular weight excluding hydrogens is 120 g/mol. The van der Waals surface area contributed by atoms with E-state index in [1.54, 1.807) is 0 Å². The number of phenols is 3. The maximum absolute atomic E-state index is 6.55. The number of hydrogen-bond donors (Lipinski definition) is 3. The van der Waals surface area contributed by atoms with Gasteiger partial charge < -0.3 is 15.3 Å². The molecule has 0 spiro atoms. The van der Waals surface area contributed by atoms with Crippen molar-refractivity contribution in [3.8, 4) is 17.2 Å². The number of phenolic OH excluding ortho intramolecular Hbond substituents is 3. The summed E-state index contributed by atoms with van der Waals surface area (Å²) in [4.78, 5) is 0. The maximum Gasteiger partial charge on any atom is 0.293 e. The summed E-state index contributed by atoms with van der Waals surface area (Å²) in [6.07, 6.45) is 0. The van der Waals surface area contributed by atoms with E-state index in [1.165, 1.54) is 18.2 Å². The number of benzene rings is 1. The second-order valence-corrected chi connectivity index (χ2v) is 1.64. The quantitative estimate of drug-likeness (QED) is 0.565. The second kappa shape index (κ2) is 1.85. The van der Waals surface area contributed by atoms with E-state index in [0.717, 1.165) is 0 Å². The molecule has 0 saturated carbocycles. The van der Waals surface area contributed by atoms with Crippen LogP contribution in [0.4, 0.5) is 0 Å². The van der Waals surface area contributed by atoms with Gasteiger partial charge in [-0.2, -0.15) is 0 Å². The number of aromatic hydroxyl groups is 3. The Kier molecular flexibility index (Phi) is 0.610. The summed E-state index contributed by atoms with van der Waals surface area (Å²) in [6, 6.07) is 4.01. The first-order chi connectivity index (χ1) is 5.80. The minimum atomic E-state index is 0.155. The SMILES string of the molecule is [2H]Oc1cc(O[2H])cc(O[2H])c1. The zero-order valence-corrected chi connectivity index (χ0v) is 4.46. The van der Waals surface area contributed by atoms with Crippen molar-refractivity contribution in [2.45, 2.75) is 0 Å². The van der Waals surface area contributed by atoms with E-state index < -0.39 is 0 Å². The molecule has 1 aromatic rings. The van der Waals surface area contributed by atoms with Crippen LogP contribution in [0.25, 0.3) is 0 Å². The molecule has 0 heterocycles. The average Bonchev–Trinajstić information content (AvgIpc) is 2.16. The minimum absolute atomic E-state index is 0.155. The molecule has 0 aliphatic rings. The highest BCUT2D eigenvalue weighted by molar-refractivity contribution is 5.39. The van der Waals surface area contributed by atoms with E-state index in [0.29, 0.717) is 0 Å². The van der Waals surface area contributed by atoms with Crippen LogP contribution in [0.15, 0.2) is 18.2 Å². The summed E-state index contributed by atoms with van der Waals surface area (Å²) in [5, 5.41) is 12.4. The van der Waals surface area contributed by atoms with Gasteiger partial charge in [-0.3, -0.25) is 0 Å². The zero-order valence-electron chi connectivity index (χ0n) is 7.46. The van der Waals surface area contributed by atoms with Gasteiger partial charge in [0.15, 0.2) is 0 Å². The molecule has 3 nitrogen and oxygen atoms in total. The molecule has 0 unspecified atom stereocenters. The fourth-order valence-electron chi connectivity index (χ4n) is 0.546. The third-order valence-electron chi connectivity index (χ3n) is 0.854. The van der Waals surface area contributed by atoms with Gasteiger partial charge in [0.05, 0.1) is 0 Å². The lowest BCUT2D eigenvalue weighted by Gasteiger charge is -1.94. The molecule has 0 aliphatic carbocycles. The Morgan fingerprint density at radius 1 is 0.889 bits per heavy atom. The minimum Gasteiger partial charge on any atom is -0.508 e. The van der Waals surface area contributed by atoms with Crippen LogP contribution < -0.4 is 0 Å². The van der Waals surface area contributed by atoms with Crippen LogP contribution >= 0.6 is 0 Å². The summed E-state index contributed by atoms with van der Waals surface area (Å²) in [7, 11) is 0. The van der Waals surface area contributed by atoms with Gasteiger partial charge in [0.2, 0.25) is 0 Å². The van der Waals surface area contributed by atoms with Gasteiger partial charge in [-0.1, -0.05) is 0 Å². The Balaban J connectivity index is 3.01. The first-order valence-corrected chi connectivity index (χ1v) is 2.34. The van der Waals surface area contributed by atoms with E-state index in [-0.39, 0.29) is 17.2 Å². The monoisotopic (exact) mass is 129 g/mol. The summed E-state index contributed by atoms with van der Waals surface area (Å²) in [5.74, 6) is 0.464. The van der Waals surface area contributed by atoms with Crippen LogP contribution in [0.1, 0.15) is 0 Å². The fourth-order valence-corrected chi connectivity index (χ4v) is 0.546. The molecule has 0 radical (unpaired) electrons. The molecule has 0 fully saturated rings. The van der Waals surface area contributed by atoms with Crippen LogP contribution in [0.2, 0.25) is 0 Å². The van der Waals surface area contributed by atoms with Gasteiger partial charge in [0, 0.05) is 18.2 Å². The smallest absolute Gasteiger partial charge is 0.293 e. The zero-order chi connectivity index (χ0) is 8.97. The Morgan fingerprint density at radius 3 is 1.44 bits per heavy atom. The molecule has 9 heavy (non-hydrogen) atoms. The molecule has 3 N–H and O–H groups in total. The molecule has 0 aromatic heterocycles. The Morgan fingerprint density at radius 2 is 1.22 bits per heavy atom. The van der Waals surface area contributed by atoms with Crippen LogP contribution in [0, 0.1) is 0 Å². The molecule has 0 atom stereocenters. The molecule has 3 heteroatoms. The largest absolute Gasteiger partial charge is 0.508 e. The van der Waals surface area contributed by atoms with E-state index in [4.69, 9.17) is 4.29 Å². The van der Waals surface area contributed by atoms with Crippen LogP contribution in [0.5, 0.6) is 17.2 Å². The Bertz CT molecular complexity index is 211. The molecule has 1 aromatic carbocycles. The summed E-state index contributed by atoms with van der Waals surface area (Å²) in [5.41, 5.74) is 0. The topological polar surface area (TPSA) is 60.7 Å². The normalized spacial score (nSPS) is 12.7. The van der Waals surface area contributed by atoms with Crippen LogP contribution in [0.3, 0.4) is 0 Å². The van der Waals surface area contributed by atoms with Crippen molar-refractivity contribution in [2.24, 2.45) is 0 Å². The first kappa shape index (κ1) is 2.96. The maximum atomic E-state index is 6.55. The summed E-state index contributed by atoms with van der Waals surface area (Å²) < 4.78 is 19.7. The molecule has 0 aliphatic heterocycles. The Labute approximate surface area is 56.3 Å². The molecule has 48 valence electrons. The van der Waals surface area contributed by atoms with Crippen molar-refractivity contribution in [3.05, 3.63) is 18.2 Å². The lowest BCUT2D eigenvalue weighted by Crippen LogP contribution is -1.66. The van der Waals surface area contributed by atoms with E-state index >= 15 is 0 Å². The van der Waals surface area contributed by atoms with Gasteiger partial charge >= 0.3 is 0 Å². The predicted octanol–water partition coefficient (Wildman–Crippen LogP) is 0.803. The molecule has 1 rings (SSSR count). The van der Waals surface area contributed by atoms with E-state index in [1.807, 2.05) is 0 Å². The van der Waals surface area contributed by atoms with Crippen molar-refractivity contribution >= 4 is 0 Å². The molecule has 0 amide bonds. The fraction of sp³-hybridized carbons (Fsp3) is 0.